The smallest absolute Gasteiger partial charge is 0.164 e. The Hall–Kier alpha value is -6.91. The van der Waals surface area contributed by atoms with Crippen LogP contribution in [0, 0.1) is 0 Å². The maximum atomic E-state index is 6.23. The predicted octanol–water partition coefficient (Wildman–Crippen LogP) is 12.4. The molecule has 2 heterocycles. The molecule has 10 rings (SSSR count). The van der Waals surface area contributed by atoms with Crippen LogP contribution < -0.4 is 0 Å². The van der Waals surface area contributed by atoms with Crippen molar-refractivity contribution < 1.29 is 4.42 Å². The molecule has 0 spiro atoms. The van der Waals surface area contributed by atoms with E-state index in [1.807, 2.05) is 54.6 Å². The highest BCUT2D eigenvalue weighted by Crippen LogP contribution is 2.44. The van der Waals surface area contributed by atoms with Crippen LogP contribution in [0.25, 0.3) is 99.9 Å². The Bertz CT molecular complexity index is 2900. The normalized spacial score (nSPS) is 11.5. The molecule has 0 radical (unpaired) electrons. The first-order chi connectivity index (χ1) is 25.3. The molecule has 238 valence electrons. The average molecular weight is 652 g/mol. The Balaban J connectivity index is 1.14. The van der Waals surface area contributed by atoms with Gasteiger partial charge < -0.3 is 4.42 Å². The Morgan fingerprint density at radius 1 is 0.275 bits per heavy atom. The summed E-state index contributed by atoms with van der Waals surface area (Å²) < 4.78 is 6.23. The van der Waals surface area contributed by atoms with Crippen molar-refractivity contribution in [3.63, 3.8) is 0 Å². The third kappa shape index (κ3) is 4.96. The Kier molecular flexibility index (Phi) is 6.78. The quantitative estimate of drug-likeness (QED) is 0.174. The molecule has 0 aliphatic heterocycles. The molecule has 0 atom stereocenters. The second-order valence-electron chi connectivity index (χ2n) is 12.8. The average Bonchev–Trinajstić information content (AvgIpc) is 3.59. The van der Waals surface area contributed by atoms with Crippen LogP contribution in [0.1, 0.15) is 0 Å². The van der Waals surface area contributed by atoms with Crippen molar-refractivity contribution in [1.29, 1.82) is 0 Å². The molecular formula is C47H29N3O. The van der Waals surface area contributed by atoms with Crippen LogP contribution in [0.3, 0.4) is 0 Å². The van der Waals surface area contributed by atoms with Gasteiger partial charge in [0.25, 0.3) is 0 Å². The van der Waals surface area contributed by atoms with Crippen molar-refractivity contribution >= 4 is 43.5 Å². The van der Waals surface area contributed by atoms with Crippen molar-refractivity contribution in [2.24, 2.45) is 0 Å². The number of benzene rings is 8. The van der Waals surface area contributed by atoms with Gasteiger partial charge in [0.05, 0.1) is 0 Å². The number of nitrogens with zero attached hydrogens (tertiary/aromatic N) is 3. The second kappa shape index (κ2) is 11.9. The van der Waals surface area contributed by atoms with E-state index in [0.29, 0.717) is 17.5 Å². The Morgan fingerprint density at radius 3 is 1.27 bits per heavy atom. The van der Waals surface area contributed by atoms with Crippen molar-refractivity contribution in [3.8, 4) is 56.4 Å². The summed E-state index contributed by atoms with van der Waals surface area (Å²) in [5, 5.41) is 7.10. The van der Waals surface area contributed by atoms with Crippen molar-refractivity contribution in [3.05, 3.63) is 176 Å². The van der Waals surface area contributed by atoms with Crippen LogP contribution in [0.15, 0.2) is 180 Å². The molecule has 8 aromatic carbocycles. The van der Waals surface area contributed by atoms with Gasteiger partial charge in [0, 0.05) is 27.5 Å². The summed E-state index contributed by atoms with van der Waals surface area (Å²) in [5.74, 6) is 1.83. The van der Waals surface area contributed by atoms with E-state index in [0.717, 1.165) is 44.2 Å². The SMILES string of the molecule is c1ccc(-c2nc(-c3ccc(-c4c(-c5ccccc5)c5ccccc5c5ccccc45)cc3)nc(-c3ccc4c(c3)oc3ccccc34)n2)cc1. The van der Waals surface area contributed by atoms with Crippen molar-refractivity contribution in [2.45, 2.75) is 0 Å². The molecule has 2 aromatic heterocycles. The van der Waals surface area contributed by atoms with E-state index in [-0.39, 0.29) is 0 Å². The Morgan fingerprint density at radius 2 is 0.667 bits per heavy atom. The molecule has 0 N–H and O–H groups in total. The number of aromatic nitrogens is 3. The standard InChI is InChI=1S/C47H29N3O/c1-3-13-30(14-4-1)43-39-20-9-7-17-35(39)36-18-8-10-21-40(36)44(43)31-23-25-33(26-24-31)46-48-45(32-15-5-2-6-16-32)49-47(50-46)34-27-28-38-37-19-11-12-22-41(37)51-42(38)29-34/h1-29H. The molecule has 0 fully saturated rings. The lowest BCUT2D eigenvalue weighted by atomic mass is 9.85. The predicted molar refractivity (Wildman–Crippen MR) is 209 cm³/mol. The van der Waals surface area contributed by atoms with E-state index < -0.39 is 0 Å². The molecule has 4 heteroatoms. The lowest BCUT2D eigenvalue weighted by molar-refractivity contribution is 0.669. The molecule has 0 unspecified atom stereocenters. The van der Waals surface area contributed by atoms with Crippen molar-refractivity contribution in [1.82, 2.24) is 15.0 Å². The maximum Gasteiger partial charge on any atom is 0.164 e. The second-order valence-corrected chi connectivity index (χ2v) is 12.8. The zero-order chi connectivity index (χ0) is 33.7. The van der Waals surface area contributed by atoms with Gasteiger partial charge in [-0.3, -0.25) is 0 Å². The molecule has 0 bridgehead atoms. The maximum absolute atomic E-state index is 6.23. The van der Waals surface area contributed by atoms with Gasteiger partial charge in [-0.25, -0.2) is 15.0 Å². The molecular weight excluding hydrogens is 623 g/mol. The highest BCUT2D eigenvalue weighted by Gasteiger charge is 2.19. The van der Waals surface area contributed by atoms with E-state index in [4.69, 9.17) is 19.4 Å². The third-order valence-corrected chi connectivity index (χ3v) is 9.73. The number of hydrogen-bond acceptors (Lipinski definition) is 4. The fourth-order valence-corrected chi connectivity index (χ4v) is 7.35. The molecule has 51 heavy (non-hydrogen) atoms. The van der Waals surface area contributed by atoms with Gasteiger partial charge in [0.1, 0.15) is 11.2 Å². The number of hydrogen-bond donors (Lipinski definition) is 0. The molecule has 0 saturated carbocycles. The molecule has 0 aliphatic rings. The fraction of sp³-hybridized carbons (Fsp3) is 0. The van der Waals surface area contributed by atoms with Gasteiger partial charge >= 0.3 is 0 Å². The molecule has 0 saturated heterocycles. The van der Waals surface area contributed by atoms with E-state index in [1.165, 1.54) is 38.2 Å². The largest absolute Gasteiger partial charge is 0.456 e. The number of furan rings is 1. The van der Waals surface area contributed by atoms with E-state index in [2.05, 4.69) is 121 Å². The molecule has 4 nitrogen and oxygen atoms in total. The van der Waals surface area contributed by atoms with Gasteiger partial charge in [-0.05, 0) is 62.0 Å². The fourth-order valence-electron chi connectivity index (χ4n) is 7.35. The molecule has 0 amide bonds. The van der Waals surface area contributed by atoms with Crippen LogP contribution in [0.5, 0.6) is 0 Å². The summed E-state index contributed by atoms with van der Waals surface area (Å²) in [6, 6.07) is 61.2. The summed E-state index contributed by atoms with van der Waals surface area (Å²) >= 11 is 0. The zero-order valence-corrected chi connectivity index (χ0v) is 27.5. The summed E-state index contributed by atoms with van der Waals surface area (Å²) in [4.78, 5) is 15.0. The molecule has 10 aromatic rings. The monoisotopic (exact) mass is 651 g/mol. The number of rotatable bonds is 5. The number of para-hydroxylation sites is 1. The van der Waals surface area contributed by atoms with Crippen LogP contribution in [-0.4, -0.2) is 15.0 Å². The van der Waals surface area contributed by atoms with Crippen LogP contribution >= 0.6 is 0 Å². The first-order valence-corrected chi connectivity index (χ1v) is 17.1. The van der Waals surface area contributed by atoms with Crippen molar-refractivity contribution in [2.75, 3.05) is 0 Å². The first-order valence-electron chi connectivity index (χ1n) is 17.1. The van der Waals surface area contributed by atoms with E-state index >= 15 is 0 Å². The summed E-state index contributed by atoms with van der Waals surface area (Å²) in [6.07, 6.45) is 0. The van der Waals surface area contributed by atoms with Crippen LogP contribution in [0.4, 0.5) is 0 Å². The minimum atomic E-state index is 0.595. The van der Waals surface area contributed by atoms with Gasteiger partial charge in [-0.1, -0.05) is 158 Å². The minimum Gasteiger partial charge on any atom is -0.456 e. The summed E-state index contributed by atoms with van der Waals surface area (Å²) in [7, 11) is 0. The van der Waals surface area contributed by atoms with Crippen LogP contribution in [0.2, 0.25) is 0 Å². The zero-order valence-electron chi connectivity index (χ0n) is 27.5. The van der Waals surface area contributed by atoms with Crippen LogP contribution in [-0.2, 0) is 0 Å². The van der Waals surface area contributed by atoms with Gasteiger partial charge in [-0.2, -0.15) is 0 Å². The third-order valence-electron chi connectivity index (χ3n) is 9.73. The lowest BCUT2D eigenvalue weighted by Gasteiger charge is -2.18. The topological polar surface area (TPSA) is 51.8 Å². The van der Waals surface area contributed by atoms with Gasteiger partial charge in [0.2, 0.25) is 0 Å². The number of fused-ring (bicyclic) bond motifs is 6. The minimum absolute atomic E-state index is 0.595. The first kappa shape index (κ1) is 29.0. The highest BCUT2D eigenvalue weighted by atomic mass is 16.3. The van der Waals surface area contributed by atoms with E-state index in [9.17, 15) is 0 Å². The van der Waals surface area contributed by atoms with E-state index in [1.54, 1.807) is 0 Å². The van der Waals surface area contributed by atoms with Gasteiger partial charge in [-0.15, -0.1) is 0 Å². The lowest BCUT2D eigenvalue weighted by Crippen LogP contribution is -2.00. The van der Waals surface area contributed by atoms with Gasteiger partial charge in [0.15, 0.2) is 17.5 Å². The summed E-state index contributed by atoms with van der Waals surface area (Å²) in [6.45, 7) is 0. The summed E-state index contributed by atoms with van der Waals surface area (Å²) in [5.41, 5.74) is 9.14. The molecule has 0 aliphatic carbocycles. The highest BCUT2D eigenvalue weighted by molar-refractivity contribution is 6.21. The Labute approximate surface area is 294 Å².